The Kier molecular flexibility index (Phi) is 5.81. The van der Waals surface area contributed by atoms with Crippen LogP contribution < -0.4 is 5.73 Å². The molecule has 3 nitrogen and oxygen atoms in total. The quantitative estimate of drug-likeness (QED) is 0.781. The van der Waals surface area contributed by atoms with E-state index in [1.54, 1.807) is 0 Å². The molecule has 1 rings (SSSR count). The van der Waals surface area contributed by atoms with E-state index in [1.807, 2.05) is 0 Å². The zero-order valence-electron chi connectivity index (χ0n) is 10.7. The number of carbonyl (C=O) groups excluding carboxylic acids is 1. The predicted molar refractivity (Wildman–Crippen MR) is 67.1 cm³/mol. The van der Waals surface area contributed by atoms with Gasteiger partial charge >= 0.3 is 0 Å². The Balaban J connectivity index is 2.50. The number of hydrogen-bond acceptors (Lipinski definition) is 2. The molecule has 2 unspecified atom stereocenters. The minimum absolute atomic E-state index is 0.316. The van der Waals surface area contributed by atoms with Gasteiger partial charge in [0.15, 0.2) is 0 Å². The van der Waals surface area contributed by atoms with E-state index in [0.29, 0.717) is 30.8 Å². The molecule has 0 aromatic carbocycles. The monoisotopic (exact) mass is 226 g/mol. The summed E-state index contributed by atoms with van der Waals surface area (Å²) in [5.74, 6) is 0.632. The van der Waals surface area contributed by atoms with E-state index < -0.39 is 0 Å². The molecular weight excluding hydrogens is 200 g/mol. The van der Waals surface area contributed by atoms with E-state index in [2.05, 4.69) is 18.7 Å². The van der Waals surface area contributed by atoms with Crippen LogP contribution in [0.2, 0.25) is 0 Å². The third kappa shape index (κ3) is 3.78. The molecule has 3 heteroatoms. The van der Waals surface area contributed by atoms with Gasteiger partial charge in [0, 0.05) is 19.0 Å². The number of nitrogens with zero attached hydrogens (tertiary/aromatic N) is 1. The Bertz CT molecular complexity index is 216. The lowest BCUT2D eigenvalue weighted by molar-refractivity contribution is -0.135. The van der Waals surface area contributed by atoms with Crippen molar-refractivity contribution in [3.63, 3.8) is 0 Å². The first-order valence-electron chi connectivity index (χ1n) is 6.68. The van der Waals surface area contributed by atoms with Crippen molar-refractivity contribution in [1.82, 2.24) is 4.90 Å². The summed E-state index contributed by atoms with van der Waals surface area (Å²) in [5, 5.41) is 0. The van der Waals surface area contributed by atoms with Crippen LogP contribution >= 0.6 is 0 Å². The molecule has 94 valence electrons. The third-order valence-electron chi connectivity index (χ3n) is 3.49. The summed E-state index contributed by atoms with van der Waals surface area (Å²) in [6, 6.07) is 0.497. The number of nitrogens with two attached hydrogens (primary N) is 1. The molecular formula is C13H26N2O. The van der Waals surface area contributed by atoms with Crippen LogP contribution in [0, 0.1) is 5.92 Å². The molecule has 16 heavy (non-hydrogen) atoms. The Morgan fingerprint density at radius 2 is 2.25 bits per heavy atom. The molecule has 0 bridgehead atoms. The van der Waals surface area contributed by atoms with Crippen molar-refractivity contribution >= 4 is 5.91 Å². The maximum absolute atomic E-state index is 12.1. The van der Waals surface area contributed by atoms with Gasteiger partial charge < -0.3 is 10.6 Å². The largest absolute Gasteiger partial charge is 0.340 e. The summed E-state index contributed by atoms with van der Waals surface area (Å²) in [6.07, 6.45) is 6.58. The van der Waals surface area contributed by atoms with Gasteiger partial charge in [-0.1, -0.05) is 20.3 Å². The highest BCUT2D eigenvalue weighted by Gasteiger charge is 2.26. The molecule has 0 aromatic rings. The minimum Gasteiger partial charge on any atom is -0.340 e. The molecule has 0 spiro atoms. The lowest BCUT2D eigenvalue weighted by atomic mass is 9.96. The van der Waals surface area contributed by atoms with Gasteiger partial charge in [0.1, 0.15) is 0 Å². The van der Waals surface area contributed by atoms with Crippen molar-refractivity contribution in [3.8, 4) is 0 Å². The first-order chi connectivity index (χ1) is 7.69. The van der Waals surface area contributed by atoms with E-state index in [0.717, 1.165) is 13.0 Å². The molecule has 1 fully saturated rings. The van der Waals surface area contributed by atoms with Crippen LogP contribution in [-0.4, -0.2) is 29.9 Å². The first kappa shape index (κ1) is 13.5. The minimum atomic E-state index is 0.316. The fraction of sp³-hybridized carbons (Fsp3) is 0.923. The first-order valence-corrected chi connectivity index (χ1v) is 6.68. The van der Waals surface area contributed by atoms with E-state index in [9.17, 15) is 4.79 Å². The van der Waals surface area contributed by atoms with Gasteiger partial charge in [-0.3, -0.25) is 4.79 Å². The summed E-state index contributed by atoms with van der Waals surface area (Å²) in [7, 11) is 0. The molecule has 1 aliphatic rings. The van der Waals surface area contributed by atoms with Gasteiger partial charge in [-0.25, -0.2) is 0 Å². The van der Waals surface area contributed by atoms with Crippen LogP contribution in [0.25, 0.3) is 0 Å². The van der Waals surface area contributed by atoms with Crippen molar-refractivity contribution in [2.24, 2.45) is 11.7 Å². The number of likely N-dealkylation sites (tertiary alicyclic amines) is 1. The second-order valence-corrected chi connectivity index (χ2v) is 5.07. The molecule has 2 N–H and O–H groups in total. The molecule has 1 saturated heterocycles. The number of rotatable bonds is 5. The van der Waals surface area contributed by atoms with Crippen molar-refractivity contribution in [2.45, 2.75) is 58.4 Å². The highest BCUT2D eigenvalue weighted by atomic mass is 16.2. The molecule has 0 aliphatic carbocycles. The summed E-state index contributed by atoms with van der Waals surface area (Å²) >= 11 is 0. The van der Waals surface area contributed by atoms with E-state index in [-0.39, 0.29) is 0 Å². The Morgan fingerprint density at radius 1 is 1.50 bits per heavy atom. The van der Waals surface area contributed by atoms with Crippen LogP contribution in [0.4, 0.5) is 0 Å². The fourth-order valence-corrected chi connectivity index (χ4v) is 2.46. The van der Waals surface area contributed by atoms with Crippen LogP contribution in [0.5, 0.6) is 0 Å². The van der Waals surface area contributed by atoms with Crippen molar-refractivity contribution in [3.05, 3.63) is 0 Å². The molecule has 2 atom stereocenters. The van der Waals surface area contributed by atoms with Crippen molar-refractivity contribution in [2.75, 3.05) is 13.1 Å². The maximum Gasteiger partial charge on any atom is 0.223 e. The summed E-state index contributed by atoms with van der Waals surface area (Å²) < 4.78 is 0. The SMILES string of the molecule is CCCC1CCCCN1C(=O)CC(C)CN. The average molecular weight is 226 g/mol. The van der Waals surface area contributed by atoms with Gasteiger partial charge in [-0.15, -0.1) is 0 Å². The molecule has 0 radical (unpaired) electrons. The molecule has 0 saturated carbocycles. The summed E-state index contributed by atoms with van der Waals surface area (Å²) in [4.78, 5) is 14.2. The smallest absolute Gasteiger partial charge is 0.223 e. The average Bonchev–Trinajstić information content (AvgIpc) is 2.30. The molecule has 1 amide bonds. The normalized spacial score (nSPS) is 23.2. The number of piperidine rings is 1. The third-order valence-corrected chi connectivity index (χ3v) is 3.49. The summed E-state index contributed by atoms with van der Waals surface area (Å²) in [5.41, 5.74) is 5.57. The fourth-order valence-electron chi connectivity index (χ4n) is 2.46. The standard InChI is InChI=1S/C13H26N2O/c1-3-6-12-7-4-5-8-15(12)13(16)9-11(2)10-14/h11-12H,3-10,14H2,1-2H3. The summed E-state index contributed by atoms with van der Waals surface area (Å²) in [6.45, 7) is 5.81. The van der Waals surface area contributed by atoms with Gasteiger partial charge in [0.05, 0.1) is 0 Å². The van der Waals surface area contributed by atoms with Crippen molar-refractivity contribution in [1.29, 1.82) is 0 Å². The molecule has 1 aliphatic heterocycles. The lowest BCUT2D eigenvalue weighted by Gasteiger charge is -2.36. The Morgan fingerprint density at radius 3 is 2.88 bits per heavy atom. The van der Waals surface area contributed by atoms with E-state index in [4.69, 9.17) is 5.73 Å². The molecule has 1 heterocycles. The zero-order valence-corrected chi connectivity index (χ0v) is 10.7. The molecule has 0 aromatic heterocycles. The second kappa shape index (κ2) is 6.89. The number of amides is 1. The van der Waals surface area contributed by atoms with Gasteiger partial charge in [0.25, 0.3) is 0 Å². The van der Waals surface area contributed by atoms with Crippen LogP contribution in [-0.2, 0) is 4.79 Å². The second-order valence-electron chi connectivity index (χ2n) is 5.07. The van der Waals surface area contributed by atoms with Crippen LogP contribution in [0.1, 0.15) is 52.4 Å². The maximum atomic E-state index is 12.1. The predicted octanol–water partition coefficient (Wildman–Crippen LogP) is 2.15. The number of hydrogen-bond donors (Lipinski definition) is 1. The lowest BCUT2D eigenvalue weighted by Crippen LogP contribution is -2.44. The van der Waals surface area contributed by atoms with Gasteiger partial charge in [-0.05, 0) is 38.1 Å². The Hall–Kier alpha value is -0.570. The van der Waals surface area contributed by atoms with Crippen LogP contribution in [0.3, 0.4) is 0 Å². The van der Waals surface area contributed by atoms with E-state index >= 15 is 0 Å². The topological polar surface area (TPSA) is 46.3 Å². The van der Waals surface area contributed by atoms with Gasteiger partial charge in [-0.2, -0.15) is 0 Å². The van der Waals surface area contributed by atoms with Crippen molar-refractivity contribution < 1.29 is 4.79 Å². The zero-order chi connectivity index (χ0) is 12.0. The highest BCUT2D eigenvalue weighted by Crippen LogP contribution is 2.22. The highest BCUT2D eigenvalue weighted by molar-refractivity contribution is 5.76. The van der Waals surface area contributed by atoms with Gasteiger partial charge in [0.2, 0.25) is 5.91 Å². The number of carbonyl (C=O) groups is 1. The van der Waals surface area contributed by atoms with E-state index in [1.165, 1.54) is 25.7 Å². The Labute approximate surface area is 99.4 Å². The van der Waals surface area contributed by atoms with Crippen LogP contribution in [0.15, 0.2) is 0 Å².